The standard InChI is InChI=1S/C12H18N2O/c1-9-12(10(2)15-14-9)8-13-11-6-4-3-5-7-11/h3-4,11,13H,5-8H2,1-2H3. The topological polar surface area (TPSA) is 38.1 Å². The predicted molar refractivity (Wildman–Crippen MR) is 59.6 cm³/mol. The van der Waals surface area contributed by atoms with Crippen molar-refractivity contribution in [1.29, 1.82) is 0 Å². The van der Waals surface area contributed by atoms with E-state index in [0.717, 1.165) is 24.4 Å². The quantitative estimate of drug-likeness (QED) is 0.772. The van der Waals surface area contributed by atoms with E-state index in [1.54, 1.807) is 0 Å². The second-order valence-electron chi connectivity index (χ2n) is 4.17. The first kappa shape index (κ1) is 10.4. The molecule has 0 aliphatic heterocycles. The van der Waals surface area contributed by atoms with Crippen LogP contribution in [0.1, 0.15) is 36.3 Å². The van der Waals surface area contributed by atoms with Crippen LogP contribution in [0.15, 0.2) is 16.7 Å². The molecule has 0 bridgehead atoms. The van der Waals surface area contributed by atoms with Crippen molar-refractivity contribution in [1.82, 2.24) is 10.5 Å². The Morgan fingerprint density at radius 1 is 1.47 bits per heavy atom. The molecular weight excluding hydrogens is 188 g/mol. The fourth-order valence-electron chi connectivity index (χ4n) is 1.98. The molecule has 82 valence electrons. The van der Waals surface area contributed by atoms with Crippen molar-refractivity contribution >= 4 is 0 Å². The molecule has 1 aromatic rings. The number of aromatic nitrogens is 1. The molecule has 1 unspecified atom stereocenters. The predicted octanol–water partition coefficient (Wildman–Crippen LogP) is 2.49. The molecule has 3 heteroatoms. The molecule has 0 aromatic carbocycles. The lowest BCUT2D eigenvalue weighted by atomic mass is 10.0. The van der Waals surface area contributed by atoms with Gasteiger partial charge in [0.1, 0.15) is 5.76 Å². The van der Waals surface area contributed by atoms with Gasteiger partial charge in [-0.1, -0.05) is 17.3 Å². The molecule has 0 fully saturated rings. The number of rotatable bonds is 3. The summed E-state index contributed by atoms with van der Waals surface area (Å²) in [7, 11) is 0. The Labute approximate surface area is 90.5 Å². The molecule has 0 radical (unpaired) electrons. The van der Waals surface area contributed by atoms with Gasteiger partial charge in [0.05, 0.1) is 5.69 Å². The highest BCUT2D eigenvalue weighted by Gasteiger charge is 2.12. The van der Waals surface area contributed by atoms with Crippen molar-refractivity contribution < 1.29 is 4.52 Å². The molecule has 1 aliphatic rings. The number of aryl methyl sites for hydroxylation is 2. The van der Waals surface area contributed by atoms with Crippen molar-refractivity contribution in [3.05, 3.63) is 29.2 Å². The summed E-state index contributed by atoms with van der Waals surface area (Å²) < 4.78 is 5.13. The normalized spacial score (nSPS) is 20.8. The van der Waals surface area contributed by atoms with Gasteiger partial charge in [-0.05, 0) is 33.1 Å². The summed E-state index contributed by atoms with van der Waals surface area (Å²) in [4.78, 5) is 0. The Morgan fingerprint density at radius 2 is 2.33 bits per heavy atom. The fraction of sp³-hybridized carbons (Fsp3) is 0.583. The lowest BCUT2D eigenvalue weighted by molar-refractivity contribution is 0.391. The van der Waals surface area contributed by atoms with E-state index in [4.69, 9.17) is 4.52 Å². The second-order valence-corrected chi connectivity index (χ2v) is 4.17. The van der Waals surface area contributed by atoms with E-state index in [-0.39, 0.29) is 0 Å². The Morgan fingerprint density at radius 3 is 2.93 bits per heavy atom. The Balaban J connectivity index is 1.90. The largest absolute Gasteiger partial charge is 0.361 e. The lowest BCUT2D eigenvalue weighted by Crippen LogP contribution is -2.29. The van der Waals surface area contributed by atoms with Gasteiger partial charge in [0.25, 0.3) is 0 Å². The summed E-state index contributed by atoms with van der Waals surface area (Å²) in [5.74, 6) is 0.936. The van der Waals surface area contributed by atoms with E-state index in [1.807, 2.05) is 13.8 Å². The van der Waals surface area contributed by atoms with Crippen molar-refractivity contribution in [2.24, 2.45) is 0 Å². The van der Waals surface area contributed by atoms with Crippen molar-refractivity contribution in [3.8, 4) is 0 Å². The first-order chi connectivity index (χ1) is 7.27. The molecule has 1 heterocycles. The first-order valence-electron chi connectivity index (χ1n) is 5.57. The monoisotopic (exact) mass is 206 g/mol. The van der Waals surface area contributed by atoms with E-state index in [0.29, 0.717) is 6.04 Å². The molecule has 3 nitrogen and oxygen atoms in total. The third-order valence-electron chi connectivity index (χ3n) is 3.02. The minimum absolute atomic E-state index is 0.615. The van der Waals surface area contributed by atoms with Gasteiger partial charge in [0, 0.05) is 18.2 Å². The third-order valence-corrected chi connectivity index (χ3v) is 3.02. The van der Waals surface area contributed by atoms with Crippen molar-refractivity contribution in [2.75, 3.05) is 0 Å². The Bertz CT molecular complexity index is 335. The first-order valence-corrected chi connectivity index (χ1v) is 5.57. The molecule has 0 amide bonds. The van der Waals surface area contributed by atoms with Crippen LogP contribution in [0.2, 0.25) is 0 Å². The number of hydrogen-bond donors (Lipinski definition) is 1. The van der Waals surface area contributed by atoms with Crippen molar-refractivity contribution in [3.63, 3.8) is 0 Å². The molecule has 1 atom stereocenters. The van der Waals surface area contributed by atoms with E-state index >= 15 is 0 Å². The zero-order valence-electron chi connectivity index (χ0n) is 9.42. The van der Waals surface area contributed by atoms with Crippen LogP contribution in [0.5, 0.6) is 0 Å². The van der Waals surface area contributed by atoms with Crippen LogP contribution in [0, 0.1) is 13.8 Å². The molecule has 1 aliphatic carbocycles. The van der Waals surface area contributed by atoms with Crippen LogP contribution in [0.3, 0.4) is 0 Å². The van der Waals surface area contributed by atoms with Crippen LogP contribution in [-0.4, -0.2) is 11.2 Å². The highest BCUT2D eigenvalue weighted by molar-refractivity contribution is 5.20. The maximum atomic E-state index is 5.13. The molecule has 2 rings (SSSR count). The van der Waals surface area contributed by atoms with Gasteiger partial charge < -0.3 is 9.84 Å². The van der Waals surface area contributed by atoms with Crippen LogP contribution in [0.4, 0.5) is 0 Å². The molecule has 0 saturated heterocycles. The molecular formula is C12H18N2O. The zero-order valence-corrected chi connectivity index (χ0v) is 9.42. The minimum Gasteiger partial charge on any atom is -0.361 e. The molecule has 0 saturated carbocycles. The average Bonchev–Trinajstić information content (AvgIpc) is 2.58. The molecule has 1 aromatic heterocycles. The summed E-state index contributed by atoms with van der Waals surface area (Å²) >= 11 is 0. The van der Waals surface area contributed by atoms with Crippen LogP contribution in [-0.2, 0) is 6.54 Å². The third kappa shape index (κ3) is 2.48. The van der Waals surface area contributed by atoms with Gasteiger partial charge >= 0.3 is 0 Å². The van der Waals surface area contributed by atoms with Gasteiger partial charge in [0.2, 0.25) is 0 Å². The number of allylic oxidation sites excluding steroid dienone is 1. The summed E-state index contributed by atoms with van der Waals surface area (Å²) in [5.41, 5.74) is 2.22. The number of hydrogen-bond acceptors (Lipinski definition) is 3. The zero-order chi connectivity index (χ0) is 10.7. The van der Waals surface area contributed by atoms with E-state index in [2.05, 4.69) is 22.6 Å². The van der Waals surface area contributed by atoms with Gasteiger partial charge in [-0.2, -0.15) is 0 Å². The summed E-state index contributed by atoms with van der Waals surface area (Å²) in [6.07, 6.45) is 8.09. The minimum atomic E-state index is 0.615. The second kappa shape index (κ2) is 4.62. The highest BCUT2D eigenvalue weighted by Crippen LogP contribution is 2.15. The van der Waals surface area contributed by atoms with Crippen LogP contribution >= 0.6 is 0 Å². The van der Waals surface area contributed by atoms with E-state index in [1.165, 1.54) is 18.4 Å². The summed E-state index contributed by atoms with van der Waals surface area (Å²) in [6.45, 7) is 4.84. The van der Waals surface area contributed by atoms with E-state index in [9.17, 15) is 0 Å². The van der Waals surface area contributed by atoms with Crippen molar-refractivity contribution in [2.45, 2.75) is 45.7 Å². The highest BCUT2D eigenvalue weighted by atomic mass is 16.5. The fourth-order valence-corrected chi connectivity index (χ4v) is 1.98. The number of nitrogens with one attached hydrogen (secondary N) is 1. The summed E-state index contributed by atoms with van der Waals surface area (Å²) in [5, 5.41) is 7.51. The van der Waals surface area contributed by atoms with E-state index < -0.39 is 0 Å². The SMILES string of the molecule is Cc1noc(C)c1CNC1CC=CCC1. The molecule has 15 heavy (non-hydrogen) atoms. The average molecular weight is 206 g/mol. The van der Waals surface area contributed by atoms with Gasteiger partial charge in [-0.25, -0.2) is 0 Å². The van der Waals surface area contributed by atoms with Gasteiger partial charge in [0.15, 0.2) is 0 Å². The van der Waals surface area contributed by atoms with Gasteiger partial charge in [-0.3, -0.25) is 0 Å². The van der Waals surface area contributed by atoms with Crippen LogP contribution < -0.4 is 5.32 Å². The smallest absolute Gasteiger partial charge is 0.138 e. The number of nitrogens with zero attached hydrogens (tertiary/aromatic N) is 1. The lowest BCUT2D eigenvalue weighted by Gasteiger charge is -2.19. The summed E-state index contributed by atoms with van der Waals surface area (Å²) in [6, 6.07) is 0.615. The maximum Gasteiger partial charge on any atom is 0.138 e. The Kier molecular flexibility index (Phi) is 3.21. The Hall–Kier alpha value is -1.09. The molecule has 0 spiro atoms. The van der Waals surface area contributed by atoms with Crippen LogP contribution in [0.25, 0.3) is 0 Å². The maximum absolute atomic E-state index is 5.13. The van der Waals surface area contributed by atoms with Gasteiger partial charge in [-0.15, -0.1) is 0 Å². The molecule has 1 N–H and O–H groups in total.